The molecule has 0 radical (unpaired) electrons. The number of fused-ring (bicyclic) bond motifs is 2. The minimum absolute atomic E-state index is 0.160. The molecule has 25 heavy (non-hydrogen) atoms. The first kappa shape index (κ1) is 15.4. The van der Waals surface area contributed by atoms with Crippen molar-refractivity contribution in [2.24, 2.45) is 0 Å². The number of hydrogen-bond acceptors (Lipinski definition) is 5. The molecule has 0 aliphatic heterocycles. The van der Waals surface area contributed by atoms with Crippen LogP contribution < -0.4 is 11.5 Å². The lowest BCUT2D eigenvalue weighted by Gasteiger charge is -2.24. The number of nitrogen functional groups attached to an aromatic ring is 2. The van der Waals surface area contributed by atoms with Gasteiger partial charge in [0.2, 0.25) is 0 Å². The topological polar surface area (TPSA) is 89.3 Å². The molecule has 0 unspecified atom stereocenters. The van der Waals surface area contributed by atoms with Gasteiger partial charge in [0.15, 0.2) is 5.78 Å². The number of nitrogens with two attached hydrogens (primary N) is 2. The molecule has 0 bridgehead atoms. The van der Waals surface area contributed by atoms with E-state index in [2.05, 4.69) is 0 Å². The van der Waals surface area contributed by atoms with Gasteiger partial charge in [-0.15, -0.1) is 0 Å². The average Bonchev–Trinajstić information content (AvgIpc) is 2.62. The van der Waals surface area contributed by atoms with E-state index in [0.29, 0.717) is 44.1 Å². The second-order valence-electron chi connectivity index (χ2n) is 5.93. The van der Waals surface area contributed by atoms with E-state index < -0.39 is 0 Å². The Bertz CT molecular complexity index is 1060. The summed E-state index contributed by atoms with van der Waals surface area (Å²) in [6, 6.07) is 15.5. The number of aromatic hydroxyl groups is 1. The Morgan fingerprint density at radius 3 is 2.16 bits per heavy atom. The fraction of sp³-hybridized carbons (Fsp3) is 0. The molecule has 5 N–H and O–H groups in total. The SMILES string of the molecule is Nc1cc(-c2ccc(O)cc2)c(N)c2c1C(=O)c1ccccc1C2=S. The molecule has 4 rings (SSSR count). The summed E-state index contributed by atoms with van der Waals surface area (Å²) in [5.41, 5.74) is 17.0. The van der Waals surface area contributed by atoms with Gasteiger partial charge in [-0.1, -0.05) is 48.6 Å². The lowest BCUT2D eigenvalue weighted by atomic mass is 9.81. The van der Waals surface area contributed by atoms with Gasteiger partial charge in [0.1, 0.15) is 5.75 Å². The number of phenols is 1. The zero-order chi connectivity index (χ0) is 17.7. The van der Waals surface area contributed by atoms with E-state index in [0.717, 1.165) is 5.56 Å². The first-order valence-corrected chi connectivity index (χ1v) is 8.09. The van der Waals surface area contributed by atoms with Crippen LogP contribution in [-0.4, -0.2) is 15.8 Å². The highest BCUT2D eigenvalue weighted by Crippen LogP contribution is 2.40. The molecule has 0 amide bonds. The van der Waals surface area contributed by atoms with E-state index in [1.54, 1.807) is 42.5 Å². The maximum absolute atomic E-state index is 12.9. The number of hydrogen-bond donors (Lipinski definition) is 3. The van der Waals surface area contributed by atoms with Crippen LogP contribution in [-0.2, 0) is 0 Å². The van der Waals surface area contributed by atoms with Crippen molar-refractivity contribution >= 4 is 34.2 Å². The fourth-order valence-electron chi connectivity index (χ4n) is 3.23. The fourth-order valence-corrected chi connectivity index (χ4v) is 3.62. The molecule has 1 aliphatic carbocycles. The summed E-state index contributed by atoms with van der Waals surface area (Å²) < 4.78 is 0. The molecule has 4 nitrogen and oxygen atoms in total. The Balaban J connectivity index is 2.01. The molecule has 0 aromatic heterocycles. The van der Waals surface area contributed by atoms with Crippen molar-refractivity contribution in [2.75, 3.05) is 11.5 Å². The van der Waals surface area contributed by atoms with E-state index in [9.17, 15) is 9.90 Å². The zero-order valence-corrected chi connectivity index (χ0v) is 13.9. The number of rotatable bonds is 1. The van der Waals surface area contributed by atoms with E-state index >= 15 is 0 Å². The van der Waals surface area contributed by atoms with E-state index in [1.807, 2.05) is 12.1 Å². The first-order valence-electron chi connectivity index (χ1n) is 7.69. The number of carbonyl (C=O) groups is 1. The zero-order valence-electron chi connectivity index (χ0n) is 13.1. The Kier molecular flexibility index (Phi) is 3.33. The Labute approximate surface area is 149 Å². The third-order valence-electron chi connectivity index (χ3n) is 4.45. The highest BCUT2D eigenvalue weighted by Gasteiger charge is 2.31. The maximum Gasteiger partial charge on any atom is 0.196 e. The Hall–Kier alpha value is -3.18. The van der Waals surface area contributed by atoms with Crippen LogP contribution >= 0.6 is 12.2 Å². The van der Waals surface area contributed by atoms with Gasteiger partial charge in [0.25, 0.3) is 0 Å². The van der Waals surface area contributed by atoms with Crippen LogP contribution in [0.4, 0.5) is 11.4 Å². The summed E-state index contributed by atoms with van der Waals surface area (Å²) >= 11 is 5.62. The number of benzene rings is 3. The molecule has 0 saturated heterocycles. The second-order valence-corrected chi connectivity index (χ2v) is 6.34. The van der Waals surface area contributed by atoms with E-state index in [-0.39, 0.29) is 11.5 Å². The molecule has 3 aromatic carbocycles. The molecule has 0 fully saturated rings. The van der Waals surface area contributed by atoms with Crippen LogP contribution in [0.5, 0.6) is 5.75 Å². The van der Waals surface area contributed by atoms with Crippen molar-refractivity contribution in [1.82, 2.24) is 0 Å². The van der Waals surface area contributed by atoms with Gasteiger partial charge < -0.3 is 16.6 Å². The summed E-state index contributed by atoms with van der Waals surface area (Å²) in [4.78, 5) is 13.4. The van der Waals surface area contributed by atoms with Crippen LogP contribution in [0.25, 0.3) is 11.1 Å². The molecular weight excluding hydrogens is 332 g/mol. The maximum atomic E-state index is 12.9. The summed E-state index contributed by atoms with van der Waals surface area (Å²) in [6.45, 7) is 0. The first-order chi connectivity index (χ1) is 12.0. The van der Waals surface area contributed by atoms with Gasteiger partial charge in [-0.2, -0.15) is 0 Å². The quantitative estimate of drug-likeness (QED) is 0.362. The van der Waals surface area contributed by atoms with Gasteiger partial charge in [0, 0.05) is 33.6 Å². The predicted molar refractivity (Wildman–Crippen MR) is 103 cm³/mol. The largest absolute Gasteiger partial charge is 0.508 e. The molecule has 122 valence electrons. The standard InChI is InChI=1S/C20H14N2O2S/c21-15-9-14(10-5-7-11(23)8-6-10)18(22)17-16(15)19(24)12-3-1-2-4-13(12)20(17)25/h1-9,23H,21-22H2. The molecule has 0 spiro atoms. The lowest BCUT2D eigenvalue weighted by Crippen LogP contribution is -2.23. The smallest absolute Gasteiger partial charge is 0.196 e. The highest BCUT2D eigenvalue weighted by atomic mass is 32.1. The van der Waals surface area contributed by atoms with Gasteiger partial charge in [-0.3, -0.25) is 4.79 Å². The summed E-state index contributed by atoms with van der Waals surface area (Å²) in [6.07, 6.45) is 0. The molecule has 0 heterocycles. The van der Waals surface area contributed by atoms with Gasteiger partial charge in [-0.05, 0) is 23.8 Å². The molecule has 3 aromatic rings. The predicted octanol–water partition coefficient (Wildman–Crippen LogP) is 3.53. The van der Waals surface area contributed by atoms with Crippen LogP contribution in [0.3, 0.4) is 0 Å². The average molecular weight is 346 g/mol. The highest BCUT2D eigenvalue weighted by molar-refractivity contribution is 7.81. The van der Waals surface area contributed by atoms with Crippen molar-refractivity contribution in [2.45, 2.75) is 0 Å². The van der Waals surface area contributed by atoms with Crippen molar-refractivity contribution in [3.05, 3.63) is 76.9 Å². The second kappa shape index (κ2) is 5.43. The lowest BCUT2D eigenvalue weighted by molar-refractivity contribution is 0.103. The van der Waals surface area contributed by atoms with Crippen molar-refractivity contribution in [3.8, 4) is 16.9 Å². The molecule has 0 saturated carbocycles. The third kappa shape index (κ3) is 2.21. The third-order valence-corrected chi connectivity index (χ3v) is 4.87. The van der Waals surface area contributed by atoms with Crippen LogP contribution in [0.2, 0.25) is 0 Å². The minimum atomic E-state index is -0.166. The Morgan fingerprint density at radius 1 is 0.840 bits per heavy atom. The van der Waals surface area contributed by atoms with Gasteiger partial charge in [0.05, 0.1) is 10.4 Å². The minimum Gasteiger partial charge on any atom is -0.508 e. The van der Waals surface area contributed by atoms with Crippen LogP contribution in [0.1, 0.15) is 27.0 Å². The monoisotopic (exact) mass is 346 g/mol. The van der Waals surface area contributed by atoms with Crippen LogP contribution in [0.15, 0.2) is 54.6 Å². The summed E-state index contributed by atoms with van der Waals surface area (Å²) in [5, 5.41) is 9.48. The van der Waals surface area contributed by atoms with Crippen molar-refractivity contribution in [1.29, 1.82) is 0 Å². The molecule has 5 heteroatoms. The van der Waals surface area contributed by atoms with Crippen molar-refractivity contribution < 1.29 is 9.90 Å². The summed E-state index contributed by atoms with van der Waals surface area (Å²) in [5.74, 6) is -0.00599. The number of thiocarbonyl (C=S) groups is 1. The van der Waals surface area contributed by atoms with Gasteiger partial charge >= 0.3 is 0 Å². The van der Waals surface area contributed by atoms with Crippen molar-refractivity contribution in [3.63, 3.8) is 0 Å². The molecule has 1 aliphatic rings. The van der Waals surface area contributed by atoms with Gasteiger partial charge in [-0.25, -0.2) is 0 Å². The Morgan fingerprint density at radius 2 is 1.48 bits per heavy atom. The number of ketones is 1. The number of phenolic OH excluding ortho intramolecular Hbond substituents is 1. The molecule has 0 atom stereocenters. The number of carbonyl (C=O) groups excluding carboxylic acids is 1. The van der Waals surface area contributed by atoms with Crippen LogP contribution in [0, 0.1) is 0 Å². The molecular formula is C20H14N2O2S. The summed E-state index contributed by atoms with van der Waals surface area (Å²) in [7, 11) is 0. The normalized spacial score (nSPS) is 12.6. The van der Waals surface area contributed by atoms with E-state index in [1.165, 1.54) is 0 Å². The number of anilines is 2. The van der Waals surface area contributed by atoms with E-state index in [4.69, 9.17) is 23.7 Å².